The van der Waals surface area contributed by atoms with E-state index in [1.807, 2.05) is 34.6 Å². The second-order valence-electron chi connectivity index (χ2n) is 17.0. The Morgan fingerprint density at radius 1 is 1.02 bits per heavy atom. The molecule has 3 fully saturated rings. The van der Waals surface area contributed by atoms with Crippen LogP contribution in [0, 0.1) is 35.0 Å². The number of sulfone groups is 1. The van der Waals surface area contributed by atoms with Crippen molar-refractivity contribution in [1.82, 2.24) is 26.2 Å². The summed E-state index contributed by atoms with van der Waals surface area (Å²) in [5.41, 5.74) is -1.73. The smallest absolute Gasteiger partial charge is 0.315 e. The highest BCUT2D eigenvalue weighted by Gasteiger charge is 2.70. The highest BCUT2D eigenvalue weighted by molar-refractivity contribution is 7.92. The normalized spacial score (nSPS) is 23.7. The maximum atomic E-state index is 14.4. The summed E-state index contributed by atoms with van der Waals surface area (Å²) in [6.45, 7) is 18.5. The number of hydrogen-bond acceptors (Lipinski definition) is 7. The van der Waals surface area contributed by atoms with Crippen LogP contribution in [0.2, 0.25) is 0 Å². The lowest BCUT2D eigenvalue weighted by atomic mass is 9.79. The van der Waals surface area contributed by atoms with Crippen molar-refractivity contribution in [3.8, 4) is 12.3 Å². The van der Waals surface area contributed by atoms with Crippen molar-refractivity contribution < 1.29 is 32.4 Å². The van der Waals surface area contributed by atoms with Crippen LogP contribution in [-0.4, -0.2) is 90.1 Å². The van der Waals surface area contributed by atoms with Gasteiger partial charge in [-0.2, -0.15) is 0 Å². The number of Topliss-reactive ketones (excluding diaryl/α,β-unsaturated/α-hetero) is 1. The number of urea groups is 1. The molecule has 2 aliphatic carbocycles. The van der Waals surface area contributed by atoms with Crippen molar-refractivity contribution in [2.24, 2.45) is 22.7 Å². The Kier molecular flexibility index (Phi) is 12.7. The first-order chi connectivity index (χ1) is 23.0. The summed E-state index contributed by atoms with van der Waals surface area (Å²) in [5, 5.41) is 11.2. The Morgan fingerprint density at radius 2 is 1.64 bits per heavy atom. The molecular weight excluding hydrogens is 659 g/mol. The van der Waals surface area contributed by atoms with Gasteiger partial charge in [-0.15, -0.1) is 18.9 Å². The molecule has 5 atom stereocenters. The van der Waals surface area contributed by atoms with E-state index >= 15 is 0 Å². The fraction of sp³-hybridized carbons (Fsp3) is 0.757. The number of carbonyl (C=O) groups excluding carboxylic acids is 5. The Labute approximate surface area is 299 Å². The van der Waals surface area contributed by atoms with Crippen molar-refractivity contribution in [2.75, 3.05) is 18.8 Å². The summed E-state index contributed by atoms with van der Waals surface area (Å²) >= 11 is 0. The number of carbonyl (C=O) groups is 5. The zero-order chi connectivity index (χ0) is 37.9. The Hall–Kier alpha value is -3.40. The van der Waals surface area contributed by atoms with Gasteiger partial charge in [0.1, 0.15) is 12.1 Å². The van der Waals surface area contributed by atoms with Crippen LogP contribution in [0.25, 0.3) is 0 Å². The van der Waals surface area contributed by atoms with E-state index in [1.54, 1.807) is 20.8 Å². The number of ketones is 1. The summed E-state index contributed by atoms with van der Waals surface area (Å²) in [4.78, 5) is 69.2. The van der Waals surface area contributed by atoms with E-state index in [4.69, 9.17) is 6.42 Å². The maximum absolute atomic E-state index is 14.4. The molecule has 280 valence electrons. The molecule has 3 rings (SSSR count). The van der Waals surface area contributed by atoms with Crippen LogP contribution in [0.15, 0.2) is 12.7 Å². The average molecular weight is 718 g/mol. The van der Waals surface area contributed by atoms with E-state index < -0.39 is 73.2 Å². The summed E-state index contributed by atoms with van der Waals surface area (Å²) in [6.07, 6.45) is 11.3. The topological polar surface area (TPSA) is 171 Å². The van der Waals surface area contributed by atoms with Crippen molar-refractivity contribution in [1.29, 1.82) is 0 Å². The van der Waals surface area contributed by atoms with Gasteiger partial charge in [0.15, 0.2) is 9.84 Å². The molecule has 1 heterocycles. The highest BCUT2D eigenvalue weighted by Crippen LogP contribution is 2.65. The van der Waals surface area contributed by atoms with Crippen LogP contribution in [0.5, 0.6) is 0 Å². The lowest BCUT2D eigenvalue weighted by Crippen LogP contribution is -2.63. The third kappa shape index (κ3) is 9.28. The van der Waals surface area contributed by atoms with E-state index in [0.29, 0.717) is 19.4 Å². The van der Waals surface area contributed by atoms with Crippen LogP contribution in [0.1, 0.15) is 107 Å². The number of rotatable bonds is 14. The summed E-state index contributed by atoms with van der Waals surface area (Å²) < 4.78 is 25.1. The number of nitrogens with zero attached hydrogens (tertiary/aromatic N) is 1. The van der Waals surface area contributed by atoms with E-state index in [1.165, 1.54) is 11.0 Å². The van der Waals surface area contributed by atoms with Crippen molar-refractivity contribution >= 4 is 39.4 Å². The summed E-state index contributed by atoms with van der Waals surface area (Å²) in [6, 6.07) is -3.70. The van der Waals surface area contributed by atoms with Gasteiger partial charge >= 0.3 is 6.03 Å². The molecule has 0 aromatic carbocycles. The monoisotopic (exact) mass is 717 g/mol. The van der Waals surface area contributed by atoms with Crippen LogP contribution in [-0.2, 0) is 29.0 Å². The Bertz CT molecular complexity index is 1480. The molecule has 3 aliphatic rings. The summed E-state index contributed by atoms with van der Waals surface area (Å²) in [7, 11) is -3.42. The highest BCUT2D eigenvalue weighted by atomic mass is 32.2. The van der Waals surface area contributed by atoms with Crippen molar-refractivity contribution in [2.45, 2.75) is 135 Å². The van der Waals surface area contributed by atoms with Crippen molar-refractivity contribution in [3.63, 3.8) is 0 Å². The third-order valence-electron chi connectivity index (χ3n) is 11.0. The molecule has 0 bridgehead atoms. The standard InChI is InChI=1S/C37H59N5O7S/c1-11-13-17-25(28(43)31(45)38-21-12-2)39-30(44)27-26-24(36(26,9)10)23-42(27)32(46)29(34(3,4)5)40-33(47)41-37(18-15-14-16-19-37)20-22-50(48,49)35(6,7)8/h1,12,24-27,29H,2,13-23H2,3-10H3,(H,38,45)(H,39,44)(H2,40,41,47)/t24-,25?,26-,27-,29+/m0/s1. The second kappa shape index (κ2) is 15.5. The average Bonchev–Trinajstić information content (AvgIpc) is 3.33. The third-order valence-corrected chi connectivity index (χ3v) is 13.6. The van der Waals surface area contributed by atoms with E-state index in [0.717, 1.165) is 19.3 Å². The van der Waals surface area contributed by atoms with E-state index in [-0.39, 0.29) is 48.8 Å². The minimum Gasteiger partial charge on any atom is -0.346 e. The number of nitrogens with one attached hydrogen (secondary N) is 4. The first-order valence-electron chi connectivity index (χ1n) is 17.8. The number of likely N-dealkylation sites (tertiary alicyclic amines) is 1. The molecule has 0 aromatic heterocycles. The van der Waals surface area contributed by atoms with Gasteiger partial charge in [0.25, 0.3) is 5.91 Å². The van der Waals surface area contributed by atoms with Gasteiger partial charge in [0.2, 0.25) is 17.6 Å². The number of piperidine rings is 1. The zero-order valence-corrected chi connectivity index (χ0v) is 32.1. The molecule has 1 saturated heterocycles. The summed E-state index contributed by atoms with van der Waals surface area (Å²) in [5.74, 6) is -0.469. The number of amides is 5. The molecule has 2 saturated carbocycles. The number of hydrogen-bond donors (Lipinski definition) is 4. The largest absolute Gasteiger partial charge is 0.346 e. The van der Waals surface area contributed by atoms with E-state index in [9.17, 15) is 32.4 Å². The van der Waals surface area contributed by atoms with Gasteiger partial charge in [0.05, 0.1) is 16.5 Å². The minimum absolute atomic E-state index is 0.0302. The predicted octanol–water partition coefficient (Wildman–Crippen LogP) is 3.26. The van der Waals surface area contributed by atoms with E-state index in [2.05, 4.69) is 33.8 Å². The first-order valence-corrected chi connectivity index (χ1v) is 19.5. The zero-order valence-electron chi connectivity index (χ0n) is 31.2. The molecule has 1 aliphatic heterocycles. The van der Waals surface area contributed by atoms with Crippen LogP contribution >= 0.6 is 0 Å². The fourth-order valence-corrected chi connectivity index (χ4v) is 8.77. The molecule has 4 N–H and O–H groups in total. The van der Waals surface area contributed by atoms with Gasteiger partial charge < -0.3 is 26.2 Å². The predicted molar refractivity (Wildman–Crippen MR) is 193 cm³/mol. The van der Waals surface area contributed by atoms with Gasteiger partial charge in [-0.05, 0) is 69.1 Å². The Balaban J connectivity index is 1.84. The van der Waals surface area contributed by atoms with Crippen LogP contribution in [0.3, 0.4) is 0 Å². The lowest BCUT2D eigenvalue weighted by Gasteiger charge is -2.41. The molecule has 1 unspecified atom stereocenters. The molecular formula is C37H59N5O7S. The Morgan fingerprint density at radius 3 is 2.18 bits per heavy atom. The molecule has 5 amide bonds. The second-order valence-corrected chi connectivity index (χ2v) is 19.8. The molecule has 50 heavy (non-hydrogen) atoms. The van der Waals surface area contributed by atoms with Gasteiger partial charge in [-0.25, -0.2) is 13.2 Å². The molecule has 0 radical (unpaired) electrons. The number of terminal acetylenes is 1. The van der Waals surface area contributed by atoms with Gasteiger partial charge in [0, 0.05) is 25.0 Å². The molecule has 0 aromatic rings. The maximum Gasteiger partial charge on any atom is 0.315 e. The van der Waals surface area contributed by atoms with Crippen molar-refractivity contribution in [3.05, 3.63) is 12.7 Å². The molecule has 12 nitrogen and oxygen atoms in total. The quantitative estimate of drug-likeness (QED) is 0.121. The minimum atomic E-state index is -3.42. The number of fused-ring (bicyclic) bond motifs is 1. The van der Waals surface area contributed by atoms with Gasteiger partial charge in [-0.3, -0.25) is 19.2 Å². The molecule has 13 heteroatoms. The van der Waals surface area contributed by atoms with Gasteiger partial charge in [-0.1, -0.05) is 60.0 Å². The van der Waals surface area contributed by atoms with Crippen LogP contribution < -0.4 is 21.3 Å². The lowest BCUT2D eigenvalue weighted by molar-refractivity contribution is -0.145. The molecule has 0 spiro atoms. The SMILES string of the molecule is C#CCCC(NC(=O)[C@@H]1[C@@H]2[C@H](CN1C(=O)[C@@H](NC(=O)NC1(CCS(=O)(=O)C(C)(C)C)CCCCC1)C(C)(C)C)C2(C)C)C(=O)C(=O)NCC=C. The van der Waals surface area contributed by atoms with Crippen LogP contribution in [0.4, 0.5) is 4.79 Å². The fourth-order valence-electron chi connectivity index (χ4n) is 7.50. The first kappa shape index (κ1) is 41.0.